The second kappa shape index (κ2) is 8.17. The van der Waals surface area contributed by atoms with E-state index in [0.717, 1.165) is 0 Å². The molecule has 0 saturated carbocycles. The summed E-state index contributed by atoms with van der Waals surface area (Å²) >= 11 is 0. The first-order chi connectivity index (χ1) is 13.5. The van der Waals surface area contributed by atoms with Gasteiger partial charge in [0.1, 0.15) is 5.75 Å². The zero-order valence-corrected chi connectivity index (χ0v) is 15.2. The molecule has 0 bridgehead atoms. The Labute approximate surface area is 160 Å². The number of hydrogen-bond acceptors (Lipinski definition) is 7. The molecule has 0 spiro atoms. The number of pyridine rings is 1. The number of aromatic nitrogens is 1. The van der Waals surface area contributed by atoms with Gasteiger partial charge in [-0.25, -0.2) is 9.78 Å². The lowest BCUT2D eigenvalue weighted by atomic mass is 10.1. The molecule has 1 N–H and O–H groups in total. The van der Waals surface area contributed by atoms with Gasteiger partial charge in [0.25, 0.3) is 0 Å². The Morgan fingerprint density at radius 3 is 2.39 bits per heavy atom. The van der Waals surface area contributed by atoms with Crippen molar-refractivity contribution in [1.29, 1.82) is 0 Å². The monoisotopic (exact) mass is 379 g/mol. The fourth-order valence-corrected chi connectivity index (χ4v) is 2.64. The first kappa shape index (κ1) is 18.8. The Kier molecular flexibility index (Phi) is 5.50. The number of carbonyl (C=O) groups is 1. The molecule has 0 aliphatic carbocycles. The minimum atomic E-state index is -0.510. The lowest BCUT2D eigenvalue weighted by Gasteiger charge is -2.11. The van der Waals surface area contributed by atoms with Gasteiger partial charge in [-0.3, -0.25) is 10.1 Å². The van der Waals surface area contributed by atoms with E-state index in [1.165, 1.54) is 13.2 Å². The van der Waals surface area contributed by atoms with Crippen LogP contribution in [0.2, 0.25) is 0 Å². The predicted molar refractivity (Wildman–Crippen MR) is 104 cm³/mol. The average Bonchev–Trinajstić information content (AvgIpc) is 2.73. The largest absolute Gasteiger partial charge is 0.496 e. The van der Waals surface area contributed by atoms with Crippen molar-refractivity contribution in [2.75, 3.05) is 19.5 Å². The van der Waals surface area contributed by atoms with Crippen molar-refractivity contribution < 1.29 is 19.2 Å². The van der Waals surface area contributed by atoms with Crippen molar-refractivity contribution in [3.05, 3.63) is 76.3 Å². The maximum absolute atomic E-state index is 11.5. The van der Waals surface area contributed by atoms with E-state index in [2.05, 4.69) is 15.0 Å². The Morgan fingerprint density at radius 1 is 1.04 bits per heavy atom. The van der Waals surface area contributed by atoms with Gasteiger partial charge in [0, 0.05) is 17.3 Å². The van der Waals surface area contributed by atoms with Gasteiger partial charge in [0.05, 0.1) is 30.4 Å². The summed E-state index contributed by atoms with van der Waals surface area (Å²) in [7, 11) is 2.84. The lowest BCUT2D eigenvalue weighted by Crippen LogP contribution is -2.03. The van der Waals surface area contributed by atoms with Crippen LogP contribution in [0.4, 0.5) is 17.2 Å². The highest BCUT2D eigenvalue weighted by Gasteiger charge is 2.18. The molecule has 0 atom stereocenters. The predicted octanol–water partition coefficient (Wildman–Crippen LogP) is 4.20. The van der Waals surface area contributed by atoms with E-state index in [4.69, 9.17) is 4.74 Å². The van der Waals surface area contributed by atoms with Crippen molar-refractivity contribution in [2.24, 2.45) is 0 Å². The molecule has 0 unspecified atom stereocenters. The normalized spacial score (nSPS) is 10.2. The van der Waals surface area contributed by atoms with Crippen LogP contribution in [0, 0.1) is 10.1 Å². The van der Waals surface area contributed by atoms with Crippen LogP contribution < -0.4 is 10.1 Å². The molecule has 1 aromatic heterocycles. The van der Waals surface area contributed by atoms with Gasteiger partial charge in [-0.2, -0.15) is 0 Å². The van der Waals surface area contributed by atoms with Crippen LogP contribution >= 0.6 is 0 Å². The molecule has 8 heteroatoms. The molecule has 0 fully saturated rings. The van der Waals surface area contributed by atoms with Crippen LogP contribution in [0.1, 0.15) is 10.4 Å². The number of ether oxygens (including phenoxy) is 2. The highest BCUT2D eigenvalue weighted by molar-refractivity contribution is 5.89. The highest BCUT2D eigenvalue weighted by Crippen LogP contribution is 2.33. The number of methoxy groups -OCH3 is 2. The molecule has 0 radical (unpaired) electrons. The molecule has 8 nitrogen and oxygen atoms in total. The lowest BCUT2D eigenvalue weighted by molar-refractivity contribution is -0.384. The topological polar surface area (TPSA) is 104 Å². The van der Waals surface area contributed by atoms with Crippen molar-refractivity contribution in [3.8, 4) is 17.0 Å². The standard InChI is InChI=1S/C20H17N3O5/c1-27-18-6-4-3-5-15(18)16-11-12-17(23(25)26)19(22-16)21-14-9-7-13(8-10-14)20(24)28-2/h3-12H,1-2H3,(H,21,22). The molecule has 142 valence electrons. The molecule has 28 heavy (non-hydrogen) atoms. The molecule has 0 aliphatic heterocycles. The van der Waals surface area contributed by atoms with Gasteiger partial charge < -0.3 is 14.8 Å². The molecule has 0 saturated heterocycles. The van der Waals surface area contributed by atoms with E-state index in [-0.39, 0.29) is 11.5 Å². The Morgan fingerprint density at radius 2 is 1.75 bits per heavy atom. The SMILES string of the molecule is COC(=O)c1ccc(Nc2nc(-c3ccccc3OC)ccc2[N+](=O)[O-])cc1. The van der Waals surface area contributed by atoms with Crippen LogP contribution in [-0.4, -0.2) is 30.1 Å². The van der Waals surface area contributed by atoms with Crippen LogP contribution in [0.25, 0.3) is 11.3 Å². The van der Waals surface area contributed by atoms with Crippen LogP contribution in [0.3, 0.4) is 0 Å². The first-order valence-electron chi connectivity index (χ1n) is 8.27. The maximum Gasteiger partial charge on any atom is 0.337 e. The third-order valence-corrected chi connectivity index (χ3v) is 4.02. The van der Waals surface area contributed by atoms with Crippen LogP contribution in [0.5, 0.6) is 5.75 Å². The molecule has 0 amide bonds. The molecular weight excluding hydrogens is 362 g/mol. The summed E-state index contributed by atoms with van der Waals surface area (Å²) in [4.78, 5) is 26.8. The molecule has 3 rings (SSSR count). The summed E-state index contributed by atoms with van der Waals surface area (Å²) in [5, 5.41) is 14.3. The van der Waals surface area contributed by atoms with Gasteiger partial charge in [0.2, 0.25) is 5.82 Å². The number of para-hydroxylation sites is 1. The number of hydrogen-bond donors (Lipinski definition) is 1. The van der Waals surface area contributed by atoms with E-state index < -0.39 is 10.9 Å². The van der Waals surface area contributed by atoms with Crippen molar-refractivity contribution in [2.45, 2.75) is 0 Å². The number of anilines is 2. The number of nitro groups is 1. The summed E-state index contributed by atoms with van der Waals surface area (Å²) < 4.78 is 10.0. The summed E-state index contributed by atoms with van der Waals surface area (Å²) in [5.41, 5.74) is 1.98. The van der Waals surface area contributed by atoms with Crippen LogP contribution in [0.15, 0.2) is 60.7 Å². The fraction of sp³-hybridized carbons (Fsp3) is 0.100. The third-order valence-electron chi connectivity index (χ3n) is 4.02. The van der Waals surface area contributed by atoms with E-state index in [1.807, 2.05) is 18.2 Å². The number of benzene rings is 2. The van der Waals surface area contributed by atoms with E-state index in [0.29, 0.717) is 28.3 Å². The smallest absolute Gasteiger partial charge is 0.337 e. The molecule has 3 aromatic rings. The van der Waals surface area contributed by atoms with E-state index in [1.54, 1.807) is 43.5 Å². The Balaban J connectivity index is 1.99. The molecule has 2 aromatic carbocycles. The number of nitrogens with zero attached hydrogens (tertiary/aromatic N) is 2. The zero-order chi connectivity index (χ0) is 20.1. The van der Waals surface area contributed by atoms with E-state index >= 15 is 0 Å². The number of rotatable bonds is 6. The first-order valence-corrected chi connectivity index (χ1v) is 8.27. The summed E-state index contributed by atoms with van der Waals surface area (Å²) in [6.45, 7) is 0. The number of esters is 1. The molecular formula is C20H17N3O5. The van der Waals surface area contributed by atoms with Crippen LogP contribution in [-0.2, 0) is 4.74 Å². The summed E-state index contributed by atoms with van der Waals surface area (Å²) in [5.74, 6) is 0.227. The Bertz CT molecular complexity index is 1020. The molecule has 1 heterocycles. The quantitative estimate of drug-likeness (QED) is 0.389. The number of carbonyl (C=O) groups excluding carboxylic acids is 1. The molecule has 0 aliphatic rings. The third kappa shape index (κ3) is 3.90. The minimum Gasteiger partial charge on any atom is -0.496 e. The second-order valence-electron chi connectivity index (χ2n) is 5.72. The summed E-state index contributed by atoms with van der Waals surface area (Å²) in [6, 6.07) is 16.6. The second-order valence-corrected chi connectivity index (χ2v) is 5.72. The Hall–Kier alpha value is -3.94. The number of nitrogens with one attached hydrogen (secondary N) is 1. The van der Waals surface area contributed by atoms with Gasteiger partial charge in [-0.15, -0.1) is 0 Å². The van der Waals surface area contributed by atoms with E-state index in [9.17, 15) is 14.9 Å². The average molecular weight is 379 g/mol. The van der Waals surface area contributed by atoms with Crippen molar-refractivity contribution in [3.63, 3.8) is 0 Å². The van der Waals surface area contributed by atoms with Gasteiger partial charge >= 0.3 is 11.7 Å². The van der Waals surface area contributed by atoms with Gasteiger partial charge in [0.15, 0.2) is 0 Å². The van der Waals surface area contributed by atoms with Gasteiger partial charge in [-0.05, 0) is 42.5 Å². The minimum absolute atomic E-state index is 0.0826. The fourth-order valence-electron chi connectivity index (χ4n) is 2.64. The zero-order valence-electron chi connectivity index (χ0n) is 15.2. The highest BCUT2D eigenvalue weighted by atomic mass is 16.6. The van der Waals surface area contributed by atoms with Crippen molar-refractivity contribution >= 4 is 23.2 Å². The maximum atomic E-state index is 11.5. The van der Waals surface area contributed by atoms with Crippen molar-refractivity contribution in [1.82, 2.24) is 4.98 Å². The van der Waals surface area contributed by atoms with Gasteiger partial charge in [-0.1, -0.05) is 12.1 Å². The summed E-state index contributed by atoms with van der Waals surface area (Å²) in [6.07, 6.45) is 0.